The van der Waals surface area contributed by atoms with Crippen LogP contribution in [0, 0.1) is 0 Å². The number of ether oxygens (including phenoxy) is 1. The Balaban J connectivity index is 1.93. The summed E-state index contributed by atoms with van der Waals surface area (Å²) in [5.74, 6) is -0.711. The van der Waals surface area contributed by atoms with E-state index in [0.717, 1.165) is 16.9 Å². The number of hydrogen-bond acceptors (Lipinski definition) is 5. The first-order valence-corrected chi connectivity index (χ1v) is 9.07. The molecule has 0 unspecified atom stereocenters. The number of aromatic amines is 1. The number of hydrogen-bond donors (Lipinski definition) is 1. The minimum atomic E-state index is -0.425. The summed E-state index contributed by atoms with van der Waals surface area (Å²) in [5, 5.41) is 0.357. The van der Waals surface area contributed by atoms with Crippen LogP contribution in [-0.2, 0) is 4.74 Å². The molecular formula is C20H14ClNO4S. The molecule has 0 saturated carbocycles. The standard InChI is InChI=1S/C20H14ClNO4S/c1-26-20(25)13-8-6-12(7-9-13)10-17-19(24)22-18(27-17)11-16(23)14-4-2-3-5-15(14)21/h2-11H,1H3,(H,22,24)/b17-10-,18-11-. The lowest BCUT2D eigenvalue weighted by atomic mass is 10.1. The van der Waals surface area contributed by atoms with Crippen molar-refractivity contribution in [2.75, 3.05) is 7.11 Å². The molecule has 0 saturated heterocycles. The van der Waals surface area contributed by atoms with E-state index >= 15 is 0 Å². The number of benzene rings is 2. The van der Waals surface area contributed by atoms with Crippen molar-refractivity contribution >= 4 is 46.8 Å². The van der Waals surface area contributed by atoms with Gasteiger partial charge in [-0.1, -0.05) is 35.9 Å². The SMILES string of the molecule is COC(=O)c1ccc(/C=c2\s/c(=C\C(=O)c3ccccc3Cl)[nH]c2=O)cc1. The highest BCUT2D eigenvalue weighted by Gasteiger charge is 2.07. The molecule has 3 aromatic rings. The topological polar surface area (TPSA) is 76.2 Å². The van der Waals surface area contributed by atoms with Crippen molar-refractivity contribution in [2.45, 2.75) is 0 Å². The summed E-state index contributed by atoms with van der Waals surface area (Å²) in [7, 11) is 1.31. The number of Topliss-reactive ketones (excluding diaryl/α,β-unsaturated/α-hetero) is 1. The van der Waals surface area contributed by atoms with Crippen molar-refractivity contribution < 1.29 is 14.3 Å². The fourth-order valence-corrected chi connectivity index (χ4v) is 3.48. The number of H-pyrrole nitrogens is 1. The molecule has 2 aromatic carbocycles. The highest BCUT2D eigenvalue weighted by molar-refractivity contribution is 7.07. The van der Waals surface area contributed by atoms with Gasteiger partial charge in [-0.05, 0) is 35.9 Å². The van der Waals surface area contributed by atoms with Crippen molar-refractivity contribution in [3.63, 3.8) is 0 Å². The molecule has 1 N–H and O–H groups in total. The second-order valence-corrected chi connectivity index (χ2v) is 7.02. The van der Waals surface area contributed by atoms with Gasteiger partial charge in [0.2, 0.25) is 0 Å². The molecule has 0 radical (unpaired) electrons. The Bertz CT molecular complexity index is 1180. The first kappa shape index (κ1) is 18.8. The molecular weight excluding hydrogens is 386 g/mol. The van der Waals surface area contributed by atoms with E-state index < -0.39 is 5.97 Å². The maximum atomic E-state index is 12.3. The lowest BCUT2D eigenvalue weighted by molar-refractivity contribution is 0.0600. The Morgan fingerprint density at radius 2 is 1.81 bits per heavy atom. The number of nitrogens with one attached hydrogen (secondary N) is 1. The van der Waals surface area contributed by atoms with E-state index in [0.29, 0.717) is 25.3 Å². The van der Waals surface area contributed by atoms with Crippen molar-refractivity contribution in [1.82, 2.24) is 4.98 Å². The van der Waals surface area contributed by atoms with Gasteiger partial charge in [0.15, 0.2) is 5.78 Å². The van der Waals surface area contributed by atoms with Gasteiger partial charge in [-0.15, -0.1) is 11.3 Å². The third-order valence-electron chi connectivity index (χ3n) is 3.71. The molecule has 1 heterocycles. The van der Waals surface area contributed by atoms with Crippen molar-refractivity contribution in [3.05, 3.63) is 89.8 Å². The van der Waals surface area contributed by atoms with Crippen LogP contribution in [0.3, 0.4) is 0 Å². The van der Waals surface area contributed by atoms with E-state index in [9.17, 15) is 14.4 Å². The molecule has 0 aliphatic rings. The minimum absolute atomic E-state index is 0.285. The van der Waals surface area contributed by atoms with Crippen LogP contribution in [0.5, 0.6) is 0 Å². The normalized spacial score (nSPS) is 12.2. The predicted molar refractivity (Wildman–Crippen MR) is 106 cm³/mol. The average molecular weight is 400 g/mol. The van der Waals surface area contributed by atoms with Gasteiger partial charge in [-0.2, -0.15) is 0 Å². The largest absolute Gasteiger partial charge is 0.465 e. The summed E-state index contributed by atoms with van der Waals surface area (Å²) in [6.45, 7) is 0. The molecule has 136 valence electrons. The van der Waals surface area contributed by atoms with Gasteiger partial charge in [0.25, 0.3) is 5.56 Å². The number of rotatable bonds is 4. The first-order valence-electron chi connectivity index (χ1n) is 7.88. The zero-order valence-corrected chi connectivity index (χ0v) is 15.8. The summed E-state index contributed by atoms with van der Waals surface area (Å²) in [5.41, 5.74) is 1.25. The number of methoxy groups -OCH3 is 1. The van der Waals surface area contributed by atoms with E-state index in [1.54, 1.807) is 54.6 Å². The van der Waals surface area contributed by atoms with Gasteiger partial charge in [-0.25, -0.2) is 4.79 Å². The summed E-state index contributed by atoms with van der Waals surface area (Å²) in [6, 6.07) is 13.4. The zero-order chi connectivity index (χ0) is 19.4. The van der Waals surface area contributed by atoms with Crippen LogP contribution >= 0.6 is 22.9 Å². The molecule has 0 fully saturated rings. The molecule has 0 aliphatic carbocycles. The molecule has 0 bridgehead atoms. The number of ketones is 1. The van der Waals surface area contributed by atoms with E-state index in [1.807, 2.05) is 0 Å². The molecule has 0 spiro atoms. The molecule has 0 atom stereocenters. The Kier molecular flexibility index (Phi) is 5.69. The highest BCUT2D eigenvalue weighted by atomic mass is 35.5. The molecule has 27 heavy (non-hydrogen) atoms. The minimum Gasteiger partial charge on any atom is -0.465 e. The Morgan fingerprint density at radius 1 is 1.11 bits per heavy atom. The van der Waals surface area contributed by atoms with Gasteiger partial charge in [-0.3, -0.25) is 9.59 Å². The van der Waals surface area contributed by atoms with E-state index in [2.05, 4.69) is 9.72 Å². The lowest BCUT2D eigenvalue weighted by Gasteiger charge is -1.98. The van der Waals surface area contributed by atoms with E-state index in [4.69, 9.17) is 11.6 Å². The van der Waals surface area contributed by atoms with E-state index in [-0.39, 0.29) is 11.3 Å². The second kappa shape index (κ2) is 8.16. The Labute approximate surface area is 163 Å². The van der Waals surface area contributed by atoms with Gasteiger partial charge >= 0.3 is 5.97 Å². The third-order valence-corrected chi connectivity index (χ3v) is 5.00. The van der Waals surface area contributed by atoms with Crippen LogP contribution in [0.4, 0.5) is 0 Å². The van der Waals surface area contributed by atoms with Gasteiger partial charge in [0.1, 0.15) is 0 Å². The van der Waals surface area contributed by atoms with Crippen LogP contribution in [0.15, 0.2) is 53.3 Å². The maximum Gasteiger partial charge on any atom is 0.337 e. The number of halogens is 1. The molecule has 0 aliphatic heterocycles. The fraction of sp³-hybridized carbons (Fsp3) is 0.0500. The number of carbonyl (C=O) groups excluding carboxylic acids is 2. The Morgan fingerprint density at radius 3 is 2.48 bits per heavy atom. The predicted octanol–water partition coefficient (Wildman–Crippen LogP) is 2.37. The molecule has 0 amide bonds. The second-order valence-electron chi connectivity index (χ2n) is 5.53. The van der Waals surface area contributed by atoms with Gasteiger partial charge in [0, 0.05) is 11.6 Å². The van der Waals surface area contributed by atoms with Gasteiger partial charge in [0.05, 0.1) is 26.9 Å². The lowest BCUT2D eigenvalue weighted by Crippen LogP contribution is -2.20. The number of thiazole rings is 1. The first-order chi connectivity index (χ1) is 13.0. The number of carbonyl (C=O) groups is 2. The third kappa shape index (κ3) is 4.42. The smallest absolute Gasteiger partial charge is 0.337 e. The fourth-order valence-electron chi connectivity index (χ4n) is 2.37. The van der Waals surface area contributed by atoms with Crippen molar-refractivity contribution in [2.24, 2.45) is 0 Å². The highest BCUT2D eigenvalue weighted by Crippen LogP contribution is 2.15. The summed E-state index contributed by atoms with van der Waals surface area (Å²) < 4.78 is 5.53. The number of aromatic nitrogens is 1. The maximum absolute atomic E-state index is 12.3. The van der Waals surface area contributed by atoms with Crippen LogP contribution in [-0.4, -0.2) is 23.8 Å². The summed E-state index contributed by atoms with van der Waals surface area (Å²) in [6.07, 6.45) is 3.03. The summed E-state index contributed by atoms with van der Waals surface area (Å²) >= 11 is 7.19. The average Bonchev–Trinajstić information content (AvgIpc) is 3.00. The van der Waals surface area contributed by atoms with Crippen LogP contribution in [0.2, 0.25) is 5.02 Å². The monoisotopic (exact) mass is 399 g/mol. The van der Waals surface area contributed by atoms with Crippen LogP contribution in [0.25, 0.3) is 12.2 Å². The van der Waals surface area contributed by atoms with E-state index in [1.165, 1.54) is 13.2 Å². The van der Waals surface area contributed by atoms with Crippen molar-refractivity contribution in [1.29, 1.82) is 0 Å². The molecule has 1 aromatic heterocycles. The van der Waals surface area contributed by atoms with Crippen LogP contribution < -0.4 is 14.8 Å². The van der Waals surface area contributed by atoms with Gasteiger partial charge < -0.3 is 9.72 Å². The van der Waals surface area contributed by atoms with Crippen molar-refractivity contribution in [3.8, 4) is 0 Å². The molecule has 7 heteroatoms. The summed E-state index contributed by atoms with van der Waals surface area (Å²) in [4.78, 5) is 38.6. The zero-order valence-electron chi connectivity index (χ0n) is 14.2. The number of esters is 1. The molecule has 5 nitrogen and oxygen atoms in total. The van der Waals surface area contributed by atoms with Crippen LogP contribution in [0.1, 0.15) is 26.3 Å². The quantitative estimate of drug-likeness (QED) is 0.539. The Hall–Kier alpha value is -2.96. The molecule has 3 rings (SSSR count).